The summed E-state index contributed by atoms with van der Waals surface area (Å²) in [5.74, 6) is -0.487. The highest BCUT2D eigenvalue weighted by Crippen LogP contribution is 2.40. The number of amides is 1. The summed E-state index contributed by atoms with van der Waals surface area (Å²) in [5.41, 5.74) is 10.5. The van der Waals surface area contributed by atoms with Gasteiger partial charge in [0.05, 0.1) is 17.9 Å². The molecule has 0 aliphatic carbocycles. The Balaban J connectivity index is 2.24. The molecule has 6 N–H and O–H groups in total. The van der Waals surface area contributed by atoms with Gasteiger partial charge in [0, 0.05) is 17.3 Å². The molecule has 0 saturated heterocycles. The summed E-state index contributed by atoms with van der Waals surface area (Å²) in [6.07, 6.45) is -4.07. The third-order valence-electron chi connectivity index (χ3n) is 4.44. The minimum atomic E-state index is -4.65. The largest absolute Gasteiger partial charge is 0.493 e. The molecule has 10 heteroatoms. The first-order valence-electron chi connectivity index (χ1n) is 9.15. The second-order valence-corrected chi connectivity index (χ2v) is 7.80. The molecule has 2 aromatic rings. The summed E-state index contributed by atoms with van der Waals surface area (Å²) < 4.78 is 46.4. The van der Waals surface area contributed by atoms with Crippen molar-refractivity contribution in [3.8, 4) is 16.9 Å². The third kappa shape index (κ3) is 5.91. The first-order valence-corrected chi connectivity index (χ1v) is 9.15. The van der Waals surface area contributed by atoms with Crippen LogP contribution in [0.5, 0.6) is 5.75 Å². The maximum absolute atomic E-state index is 13.6. The minimum absolute atomic E-state index is 0.0164. The summed E-state index contributed by atoms with van der Waals surface area (Å²) in [4.78, 5) is 14.7. The lowest BCUT2D eigenvalue weighted by Crippen LogP contribution is -2.44. The highest BCUT2D eigenvalue weighted by molar-refractivity contribution is 5.82. The number of halogens is 3. The lowest BCUT2D eigenvalue weighted by atomic mass is 9.92. The minimum Gasteiger partial charge on any atom is -0.493 e. The highest BCUT2D eigenvalue weighted by Gasteiger charge is 2.35. The number of nitrogens with two attached hydrogens (primary N) is 2. The molecule has 7 nitrogen and oxygen atoms in total. The van der Waals surface area contributed by atoms with Crippen molar-refractivity contribution in [2.24, 2.45) is 5.92 Å². The van der Waals surface area contributed by atoms with Crippen molar-refractivity contribution in [3.63, 3.8) is 0 Å². The van der Waals surface area contributed by atoms with Crippen LogP contribution in [0.25, 0.3) is 11.1 Å². The van der Waals surface area contributed by atoms with E-state index in [1.165, 1.54) is 24.4 Å². The molecule has 0 aliphatic rings. The van der Waals surface area contributed by atoms with Crippen LogP contribution in [0.1, 0.15) is 32.8 Å². The average Bonchev–Trinajstić information content (AvgIpc) is 2.60. The molecule has 1 heterocycles. The summed E-state index contributed by atoms with van der Waals surface area (Å²) in [6, 6.07) is 5.15. The van der Waals surface area contributed by atoms with Crippen LogP contribution in [0, 0.1) is 5.92 Å². The fraction of sp³-hybridized carbons (Fsp3) is 0.400. The van der Waals surface area contributed by atoms with E-state index in [1.807, 2.05) is 0 Å². The van der Waals surface area contributed by atoms with E-state index in [0.717, 1.165) is 6.07 Å². The number of nitrogens with one attached hydrogen (secondary N) is 1. The number of pyridine rings is 1. The van der Waals surface area contributed by atoms with Gasteiger partial charge < -0.3 is 26.6 Å². The number of hydrogen-bond donors (Lipinski definition) is 4. The molecular weight excluding hydrogens is 401 g/mol. The molecular formula is C20H25F3N4O3. The van der Waals surface area contributed by atoms with Crippen molar-refractivity contribution in [1.82, 2.24) is 10.3 Å². The van der Waals surface area contributed by atoms with Gasteiger partial charge in [-0.1, -0.05) is 13.0 Å². The Morgan fingerprint density at radius 3 is 2.53 bits per heavy atom. The number of rotatable bonds is 7. The molecule has 0 bridgehead atoms. The maximum atomic E-state index is 13.6. The summed E-state index contributed by atoms with van der Waals surface area (Å²) in [6.45, 7) is 5.14. The van der Waals surface area contributed by atoms with Crippen LogP contribution in [-0.4, -0.2) is 28.3 Å². The lowest BCUT2D eigenvalue weighted by Gasteiger charge is -2.28. The quantitative estimate of drug-likeness (QED) is 0.521. The van der Waals surface area contributed by atoms with Crippen molar-refractivity contribution >= 4 is 17.6 Å². The second kappa shape index (κ2) is 8.68. The summed E-state index contributed by atoms with van der Waals surface area (Å²) in [7, 11) is 0. The zero-order valence-electron chi connectivity index (χ0n) is 16.9. The lowest BCUT2D eigenvalue weighted by molar-refractivity contribution is -0.139. The molecule has 164 valence electrons. The van der Waals surface area contributed by atoms with Crippen LogP contribution < -0.4 is 21.5 Å². The zero-order valence-corrected chi connectivity index (χ0v) is 16.9. The summed E-state index contributed by atoms with van der Waals surface area (Å²) >= 11 is 0. The van der Waals surface area contributed by atoms with Crippen molar-refractivity contribution in [1.29, 1.82) is 0 Å². The van der Waals surface area contributed by atoms with Gasteiger partial charge in [-0.3, -0.25) is 0 Å². The van der Waals surface area contributed by atoms with E-state index in [1.54, 1.807) is 20.8 Å². The first-order chi connectivity index (χ1) is 13.8. The first kappa shape index (κ1) is 23.1. The number of nitrogens with zero attached hydrogens (tertiary/aromatic N) is 1. The molecule has 0 unspecified atom stereocenters. The average molecular weight is 426 g/mol. The molecule has 0 saturated carbocycles. The van der Waals surface area contributed by atoms with Crippen molar-refractivity contribution in [2.45, 2.75) is 38.9 Å². The highest BCUT2D eigenvalue weighted by atomic mass is 19.4. The molecule has 0 fully saturated rings. The number of carbonyl (C=O) groups is 1. The maximum Gasteiger partial charge on any atom is 0.419 e. The van der Waals surface area contributed by atoms with E-state index in [2.05, 4.69) is 10.3 Å². The summed E-state index contributed by atoms with van der Waals surface area (Å²) in [5, 5.41) is 11.2. The number of carboxylic acid groups (broad SMARTS) is 1. The smallest absolute Gasteiger partial charge is 0.419 e. The molecule has 2 rings (SSSR count). The number of ether oxygens (including phenoxy) is 1. The number of benzene rings is 1. The van der Waals surface area contributed by atoms with Gasteiger partial charge in [0.2, 0.25) is 0 Å². The van der Waals surface area contributed by atoms with Gasteiger partial charge in [-0.25, -0.2) is 9.78 Å². The zero-order chi connectivity index (χ0) is 22.7. The SMILES string of the molecule is C[C@H](COc1ccc(-c2ccnc(N)c2N)cc1C(F)(F)F)CC(C)(C)NC(=O)O. The number of aromatic nitrogens is 1. The Morgan fingerprint density at radius 1 is 1.27 bits per heavy atom. The predicted molar refractivity (Wildman–Crippen MR) is 108 cm³/mol. The topological polar surface area (TPSA) is 123 Å². The number of alkyl halides is 3. The predicted octanol–water partition coefficient (Wildman–Crippen LogP) is 4.38. The van der Waals surface area contributed by atoms with Gasteiger partial charge in [-0.2, -0.15) is 13.2 Å². The monoisotopic (exact) mass is 426 g/mol. The number of hydrogen-bond acceptors (Lipinski definition) is 5. The Morgan fingerprint density at radius 2 is 1.93 bits per heavy atom. The molecule has 1 amide bonds. The fourth-order valence-electron chi connectivity index (χ4n) is 3.29. The van der Waals surface area contributed by atoms with E-state index in [0.29, 0.717) is 12.0 Å². The van der Waals surface area contributed by atoms with Crippen LogP contribution in [0.2, 0.25) is 0 Å². The normalized spacial score (nSPS) is 13.0. The van der Waals surface area contributed by atoms with E-state index in [9.17, 15) is 18.0 Å². The van der Waals surface area contributed by atoms with Crippen LogP contribution in [0.3, 0.4) is 0 Å². The van der Waals surface area contributed by atoms with E-state index in [4.69, 9.17) is 21.3 Å². The van der Waals surface area contributed by atoms with Crippen molar-refractivity contribution < 1.29 is 27.8 Å². The van der Waals surface area contributed by atoms with Crippen molar-refractivity contribution in [3.05, 3.63) is 36.0 Å². The van der Waals surface area contributed by atoms with Crippen molar-refractivity contribution in [2.75, 3.05) is 18.1 Å². The number of nitrogen functional groups attached to an aromatic ring is 2. The van der Waals surface area contributed by atoms with E-state index >= 15 is 0 Å². The van der Waals surface area contributed by atoms with Crippen LogP contribution >= 0.6 is 0 Å². The van der Waals surface area contributed by atoms with E-state index < -0.39 is 23.4 Å². The molecule has 1 aromatic heterocycles. The Labute approximate surface area is 172 Å². The van der Waals surface area contributed by atoms with Crippen LogP contribution in [-0.2, 0) is 6.18 Å². The Kier molecular flexibility index (Phi) is 6.69. The van der Waals surface area contributed by atoms with Crippen LogP contribution in [0.15, 0.2) is 30.5 Å². The third-order valence-corrected chi connectivity index (χ3v) is 4.44. The van der Waals surface area contributed by atoms with Gasteiger partial charge >= 0.3 is 12.3 Å². The van der Waals surface area contributed by atoms with Gasteiger partial charge in [0.1, 0.15) is 11.6 Å². The Hall–Kier alpha value is -3.17. The van der Waals surface area contributed by atoms with E-state index in [-0.39, 0.29) is 35.3 Å². The second-order valence-electron chi connectivity index (χ2n) is 7.80. The molecule has 0 spiro atoms. The fourth-order valence-corrected chi connectivity index (χ4v) is 3.29. The molecule has 0 aliphatic heterocycles. The molecule has 0 radical (unpaired) electrons. The molecule has 1 aromatic carbocycles. The number of anilines is 2. The van der Waals surface area contributed by atoms with Crippen LogP contribution in [0.4, 0.5) is 29.5 Å². The van der Waals surface area contributed by atoms with Gasteiger partial charge in [0.25, 0.3) is 0 Å². The van der Waals surface area contributed by atoms with Gasteiger partial charge in [-0.05, 0) is 49.9 Å². The molecule has 1 atom stereocenters. The van der Waals surface area contributed by atoms with Gasteiger partial charge in [-0.15, -0.1) is 0 Å². The molecule has 30 heavy (non-hydrogen) atoms. The Bertz CT molecular complexity index is 917. The standard InChI is InChI=1S/C20H25F3N4O3/c1-11(9-19(2,3)27-18(28)29)10-30-15-5-4-12(8-14(15)20(21,22)23)13-6-7-26-17(25)16(13)24/h4-8,11,27H,9-10,24H2,1-3H3,(H2,25,26)(H,28,29)/t11-/m0/s1. The van der Waals surface area contributed by atoms with Gasteiger partial charge in [0.15, 0.2) is 0 Å².